The number of Topliss-reactive ketones (excluding diaryl/α,β-unsaturated/α-hetero) is 2. The second kappa shape index (κ2) is 7.82. The number of oxime groups is 1. The molecule has 2 aliphatic heterocycles. The summed E-state index contributed by atoms with van der Waals surface area (Å²) in [6.07, 6.45) is 3.47. The average molecular weight is 421 g/mol. The number of ketones is 2. The maximum atomic E-state index is 13.3. The predicted molar refractivity (Wildman–Crippen MR) is 121 cm³/mol. The van der Waals surface area contributed by atoms with E-state index >= 15 is 0 Å². The maximum absolute atomic E-state index is 13.3. The normalized spacial score (nSPS) is 22.7. The minimum atomic E-state index is -0.624. The first-order valence-corrected chi connectivity index (χ1v) is 11.2. The van der Waals surface area contributed by atoms with Gasteiger partial charge in [0.05, 0.1) is 6.42 Å². The van der Waals surface area contributed by atoms with Gasteiger partial charge in [0.25, 0.3) is 0 Å². The molecule has 0 radical (unpaired) electrons. The van der Waals surface area contributed by atoms with Gasteiger partial charge in [0, 0.05) is 31.5 Å². The van der Waals surface area contributed by atoms with E-state index in [0.29, 0.717) is 12.8 Å². The molecule has 1 spiro atoms. The van der Waals surface area contributed by atoms with Gasteiger partial charge in [-0.1, -0.05) is 11.1 Å². The Bertz CT molecular complexity index is 974. The number of rotatable bonds is 1. The number of aryl methyl sites for hydroxylation is 2. The van der Waals surface area contributed by atoms with Crippen molar-refractivity contribution in [3.63, 3.8) is 0 Å². The quantitative estimate of drug-likeness (QED) is 0.502. The topological polar surface area (TPSA) is 59.0 Å². The van der Waals surface area contributed by atoms with Crippen molar-refractivity contribution in [1.82, 2.24) is 4.90 Å². The fourth-order valence-corrected chi connectivity index (χ4v) is 5.54. The van der Waals surface area contributed by atoms with Crippen LogP contribution in [0, 0.1) is 31.1 Å². The summed E-state index contributed by atoms with van der Waals surface area (Å²) in [5.74, 6) is 6.52. The Hall–Kier alpha value is -2.61. The molecule has 4 rings (SSSR count). The number of hydrogen-bond donors (Lipinski definition) is 0. The minimum Gasteiger partial charge on any atom is -0.388 e. The molecule has 164 valence electrons. The highest BCUT2D eigenvalue weighted by atomic mass is 16.7. The third-order valence-electron chi connectivity index (χ3n) is 7.07. The van der Waals surface area contributed by atoms with Gasteiger partial charge in [-0.2, -0.15) is 0 Å². The predicted octanol–water partition coefficient (Wildman–Crippen LogP) is 4.29. The van der Waals surface area contributed by atoms with E-state index in [-0.39, 0.29) is 22.6 Å². The molecule has 2 fully saturated rings. The van der Waals surface area contributed by atoms with Crippen LogP contribution in [0.25, 0.3) is 0 Å². The molecule has 0 bridgehead atoms. The van der Waals surface area contributed by atoms with Gasteiger partial charge in [-0.25, -0.2) is 0 Å². The van der Waals surface area contributed by atoms with E-state index in [0.717, 1.165) is 60.4 Å². The van der Waals surface area contributed by atoms with Crippen molar-refractivity contribution < 1.29 is 14.4 Å². The Morgan fingerprint density at radius 2 is 1.61 bits per heavy atom. The van der Waals surface area contributed by atoms with Crippen molar-refractivity contribution in [3.05, 3.63) is 34.4 Å². The third-order valence-corrected chi connectivity index (χ3v) is 7.07. The zero-order valence-corrected chi connectivity index (χ0v) is 19.3. The number of piperidine rings is 1. The highest BCUT2D eigenvalue weighted by Gasteiger charge is 2.48. The van der Waals surface area contributed by atoms with Crippen molar-refractivity contribution in [3.8, 4) is 11.8 Å². The highest BCUT2D eigenvalue weighted by molar-refractivity contribution is 6.10. The van der Waals surface area contributed by atoms with E-state index < -0.39 is 5.92 Å². The van der Waals surface area contributed by atoms with Gasteiger partial charge in [0.2, 0.25) is 0 Å². The number of carbonyl (C=O) groups is 2. The van der Waals surface area contributed by atoms with Crippen LogP contribution in [0.3, 0.4) is 0 Å². The summed E-state index contributed by atoms with van der Waals surface area (Å²) in [6, 6.07) is 3.99. The molecule has 0 aromatic heterocycles. The third kappa shape index (κ3) is 4.13. The Balaban J connectivity index is 1.49. The van der Waals surface area contributed by atoms with Crippen LogP contribution < -0.4 is 0 Å². The zero-order valence-electron chi connectivity index (χ0n) is 19.3. The second-order valence-corrected chi connectivity index (χ2v) is 10.1. The number of amidine groups is 1. The molecule has 0 amide bonds. The van der Waals surface area contributed by atoms with Crippen LogP contribution in [0.2, 0.25) is 0 Å². The molecule has 1 aliphatic carbocycles. The van der Waals surface area contributed by atoms with E-state index in [1.54, 1.807) is 0 Å². The monoisotopic (exact) mass is 420 g/mol. The lowest BCUT2D eigenvalue weighted by molar-refractivity contribution is -0.138. The van der Waals surface area contributed by atoms with Crippen LogP contribution >= 0.6 is 0 Å². The molecule has 3 aliphatic rings. The van der Waals surface area contributed by atoms with Gasteiger partial charge in [-0.3, -0.25) is 9.59 Å². The van der Waals surface area contributed by atoms with E-state index in [1.807, 2.05) is 46.8 Å². The molecular weight excluding hydrogens is 388 g/mol. The van der Waals surface area contributed by atoms with Crippen LogP contribution in [0.1, 0.15) is 81.0 Å². The summed E-state index contributed by atoms with van der Waals surface area (Å²) in [6.45, 7) is 11.5. The summed E-state index contributed by atoms with van der Waals surface area (Å²) >= 11 is 0. The molecular formula is C26H32N2O3. The fraction of sp³-hybridized carbons (Fsp3) is 0.577. The fourth-order valence-electron chi connectivity index (χ4n) is 5.54. The highest BCUT2D eigenvalue weighted by Crippen LogP contribution is 2.47. The van der Waals surface area contributed by atoms with Crippen LogP contribution in [-0.4, -0.2) is 41.0 Å². The number of carbonyl (C=O) groups excluding carboxylic acids is 2. The number of likely N-dealkylation sites (tertiary alicyclic amines) is 1. The summed E-state index contributed by atoms with van der Waals surface area (Å²) in [5.41, 5.74) is 3.34. The van der Waals surface area contributed by atoms with Crippen molar-refractivity contribution in [2.75, 3.05) is 13.1 Å². The standard InChI is InChI=1S/C26H32N2O3/c1-6-7-19-12-17(2)23(18(3)13-19)24-20(29)14-26(15-21(24)30)8-10-28(11-9-26)22-16-25(4,5)31-27-22/h12-13,24H,8-11,14-16H2,1-5H3. The van der Waals surface area contributed by atoms with Crippen molar-refractivity contribution in [2.45, 2.75) is 78.2 Å². The molecule has 31 heavy (non-hydrogen) atoms. The zero-order chi connectivity index (χ0) is 22.4. The SMILES string of the molecule is CC#Cc1cc(C)c(C2C(=O)CC3(CCN(C4=NOC(C)(C)C4)CC3)CC2=O)c(C)c1. The lowest BCUT2D eigenvalue weighted by Crippen LogP contribution is -2.48. The Morgan fingerprint density at radius 1 is 1.03 bits per heavy atom. The first kappa shape index (κ1) is 21.6. The van der Waals surface area contributed by atoms with Crippen LogP contribution in [0.4, 0.5) is 0 Å². The van der Waals surface area contributed by atoms with Crippen molar-refractivity contribution in [2.24, 2.45) is 10.6 Å². The molecule has 0 unspecified atom stereocenters. The lowest BCUT2D eigenvalue weighted by atomic mass is 9.62. The molecule has 2 heterocycles. The molecule has 0 N–H and O–H groups in total. The first-order valence-electron chi connectivity index (χ1n) is 11.2. The maximum Gasteiger partial charge on any atom is 0.148 e. The second-order valence-electron chi connectivity index (χ2n) is 10.1. The van der Waals surface area contributed by atoms with Crippen molar-refractivity contribution in [1.29, 1.82) is 0 Å². The van der Waals surface area contributed by atoms with Gasteiger partial charge >= 0.3 is 0 Å². The van der Waals surface area contributed by atoms with E-state index in [1.165, 1.54) is 0 Å². The molecule has 1 saturated carbocycles. The summed E-state index contributed by atoms with van der Waals surface area (Å²) < 4.78 is 0. The Labute approximate surface area is 185 Å². The van der Waals surface area contributed by atoms with Crippen LogP contribution in [-0.2, 0) is 14.4 Å². The molecule has 5 nitrogen and oxygen atoms in total. The molecule has 1 aromatic rings. The van der Waals surface area contributed by atoms with E-state index in [2.05, 4.69) is 21.9 Å². The Morgan fingerprint density at radius 3 is 2.10 bits per heavy atom. The minimum absolute atomic E-state index is 0.0768. The van der Waals surface area contributed by atoms with Gasteiger partial charge in [-0.15, -0.1) is 5.92 Å². The van der Waals surface area contributed by atoms with Gasteiger partial charge in [0.15, 0.2) is 0 Å². The Kier molecular flexibility index (Phi) is 5.45. The summed E-state index contributed by atoms with van der Waals surface area (Å²) in [4.78, 5) is 34.4. The smallest absolute Gasteiger partial charge is 0.148 e. The van der Waals surface area contributed by atoms with E-state index in [4.69, 9.17) is 4.84 Å². The van der Waals surface area contributed by atoms with Gasteiger partial charge < -0.3 is 9.74 Å². The largest absolute Gasteiger partial charge is 0.388 e. The van der Waals surface area contributed by atoms with Crippen LogP contribution in [0.15, 0.2) is 17.3 Å². The average Bonchev–Trinajstić information content (AvgIpc) is 3.04. The summed E-state index contributed by atoms with van der Waals surface area (Å²) in [7, 11) is 0. The number of nitrogens with zero attached hydrogens (tertiary/aromatic N) is 2. The summed E-state index contributed by atoms with van der Waals surface area (Å²) in [5, 5.41) is 4.27. The number of benzene rings is 1. The number of hydrogen-bond acceptors (Lipinski definition) is 5. The van der Waals surface area contributed by atoms with Crippen molar-refractivity contribution >= 4 is 17.4 Å². The molecule has 0 atom stereocenters. The first-order chi connectivity index (χ1) is 14.6. The van der Waals surface area contributed by atoms with Gasteiger partial charge in [0.1, 0.15) is 28.9 Å². The molecule has 1 saturated heterocycles. The van der Waals surface area contributed by atoms with E-state index in [9.17, 15) is 9.59 Å². The van der Waals surface area contributed by atoms with Gasteiger partial charge in [-0.05, 0) is 81.7 Å². The molecule has 1 aromatic carbocycles. The molecule has 5 heteroatoms. The van der Waals surface area contributed by atoms with Crippen LogP contribution in [0.5, 0.6) is 0 Å². The lowest BCUT2D eigenvalue weighted by Gasteiger charge is -2.45.